The van der Waals surface area contributed by atoms with E-state index < -0.39 is 16.8 Å². The van der Waals surface area contributed by atoms with Gasteiger partial charge in [-0.1, -0.05) is 34.1 Å². The van der Waals surface area contributed by atoms with Crippen molar-refractivity contribution in [2.75, 3.05) is 5.06 Å². The number of hydrogen-bond donors (Lipinski definition) is 0. The number of nitro groups is 1. The van der Waals surface area contributed by atoms with E-state index in [1.54, 1.807) is 54.6 Å². The predicted octanol–water partition coefficient (Wildman–Crippen LogP) is 4.78. The van der Waals surface area contributed by atoms with Crippen molar-refractivity contribution in [3.8, 4) is 0 Å². The monoisotopic (exact) mass is 440 g/mol. The highest BCUT2D eigenvalue weighted by Gasteiger charge is 2.24. The van der Waals surface area contributed by atoms with Crippen LogP contribution in [0.3, 0.4) is 0 Å². The van der Waals surface area contributed by atoms with Crippen LogP contribution in [0.4, 0.5) is 11.4 Å². The number of non-ortho nitro benzene ring substituents is 1. The zero-order chi connectivity index (χ0) is 20.1. The van der Waals surface area contributed by atoms with Crippen LogP contribution in [0.25, 0.3) is 0 Å². The summed E-state index contributed by atoms with van der Waals surface area (Å²) in [5.41, 5.74) is 0.597. The third-order valence-corrected chi connectivity index (χ3v) is 4.28. The molecule has 0 saturated heterocycles. The van der Waals surface area contributed by atoms with Crippen molar-refractivity contribution in [3.05, 3.63) is 105 Å². The van der Waals surface area contributed by atoms with E-state index in [0.29, 0.717) is 5.69 Å². The van der Waals surface area contributed by atoms with Crippen molar-refractivity contribution in [2.45, 2.75) is 0 Å². The van der Waals surface area contributed by atoms with Crippen LogP contribution in [0.5, 0.6) is 0 Å². The molecule has 8 heteroatoms. The summed E-state index contributed by atoms with van der Waals surface area (Å²) in [6, 6.07) is 19.9. The first kappa shape index (κ1) is 19.2. The van der Waals surface area contributed by atoms with Crippen molar-refractivity contribution >= 4 is 39.2 Å². The van der Waals surface area contributed by atoms with E-state index in [2.05, 4.69) is 15.9 Å². The number of amides is 1. The fourth-order valence-electron chi connectivity index (χ4n) is 2.34. The van der Waals surface area contributed by atoms with E-state index in [1.165, 1.54) is 24.3 Å². The van der Waals surface area contributed by atoms with Gasteiger partial charge >= 0.3 is 5.97 Å². The Morgan fingerprint density at radius 2 is 1.46 bits per heavy atom. The second-order valence-corrected chi connectivity index (χ2v) is 6.54. The van der Waals surface area contributed by atoms with E-state index in [4.69, 9.17) is 4.84 Å². The van der Waals surface area contributed by atoms with Crippen molar-refractivity contribution in [2.24, 2.45) is 0 Å². The molecule has 3 aromatic rings. The van der Waals surface area contributed by atoms with Crippen LogP contribution in [0.2, 0.25) is 0 Å². The summed E-state index contributed by atoms with van der Waals surface area (Å²) < 4.78 is 0.786. The molecule has 0 atom stereocenters. The first-order valence-electron chi connectivity index (χ1n) is 8.07. The van der Waals surface area contributed by atoms with Crippen LogP contribution >= 0.6 is 15.9 Å². The van der Waals surface area contributed by atoms with Gasteiger partial charge in [0.05, 0.1) is 16.2 Å². The Balaban J connectivity index is 1.93. The number of anilines is 1. The zero-order valence-corrected chi connectivity index (χ0v) is 15.9. The average molecular weight is 441 g/mol. The van der Waals surface area contributed by atoms with Crippen molar-refractivity contribution < 1.29 is 19.3 Å². The summed E-state index contributed by atoms with van der Waals surface area (Å²) in [7, 11) is 0. The molecule has 0 aliphatic heterocycles. The Morgan fingerprint density at radius 3 is 2.04 bits per heavy atom. The Morgan fingerprint density at radius 1 is 0.857 bits per heavy atom. The van der Waals surface area contributed by atoms with E-state index in [0.717, 1.165) is 9.54 Å². The molecule has 3 rings (SSSR count). The Labute approximate surface area is 168 Å². The molecule has 0 saturated carbocycles. The lowest BCUT2D eigenvalue weighted by molar-refractivity contribution is -0.384. The molecular formula is C20H13BrN2O5. The van der Waals surface area contributed by atoms with E-state index in [-0.39, 0.29) is 16.8 Å². The molecule has 0 heterocycles. The van der Waals surface area contributed by atoms with Crippen LogP contribution in [0.15, 0.2) is 83.3 Å². The summed E-state index contributed by atoms with van der Waals surface area (Å²) in [6.45, 7) is 0. The van der Waals surface area contributed by atoms with Gasteiger partial charge in [0.1, 0.15) is 0 Å². The maximum atomic E-state index is 12.9. The maximum absolute atomic E-state index is 12.9. The number of carbonyl (C=O) groups excluding carboxylic acids is 2. The molecule has 0 spiro atoms. The minimum atomic E-state index is -0.709. The standard InChI is InChI=1S/C20H13BrN2O5/c21-16-8-12-17(13-9-16)22(28-20(25)15-4-2-1-3-5-15)19(24)14-6-10-18(11-7-14)23(26)27/h1-13H. The normalized spacial score (nSPS) is 10.2. The number of rotatable bonds is 4. The average Bonchev–Trinajstić information content (AvgIpc) is 2.73. The van der Waals surface area contributed by atoms with Gasteiger partial charge in [-0.2, -0.15) is 0 Å². The molecule has 0 aliphatic carbocycles. The predicted molar refractivity (Wildman–Crippen MR) is 106 cm³/mol. The van der Waals surface area contributed by atoms with Crippen LogP contribution in [-0.2, 0) is 4.84 Å². The molecule has 0 aromatic heterocycles. The first-order valence-corrected chi connectivity index (χ1v) is 8.87. The first-order chi connectivity index (χ1) is 13.5. The van der Waals surface area contributed by atoms with Crippen LogP contribution in [0.1, 0.15) is 20.7 Å². The molecular weight excluding hydrogens is 428 g/mol. The van der Waals surface area contributed by atoms with E-state index >= 15 is 0 Å². The van der Waals surface area contributed by atoms with Crippen LogP contribution < -0.4 is 5.06 Å². The molecule has 1 amide bonds. The molecule has 0 aliphatic rings. The second kappa shape index (κ2) is 8.45. The van der Waals surface area contributed by atoms with Gasteiger partial charge in [0, 0.05) is 22.2 Å². The summed E-state index contributed by atoms with van der Waals surface area (Å²) >= 11 is 3.31. The number of nitrogens with zero attached hydrogens (tertiary/aromatic N) is 2. The summed E-state index contributed by atoms with van der Waals surface area (Å²) in [4.78, 5) is 41.0. The molecule has 28 heavy (non-hydrogen) atoms. The number of hydrogen-bond acceptors (Lipinski definition) is 5. The highest BCUT2D eigenvalue weighted by Crippen LogP contribution is 2.23. The Bertz CT molecular complexity index is 1010. The lowest BCUT2D eigenvalue weighted by Gasteiger charge is -2.21. The fourth-order valence-corrected chi connectivity index (χ4v) is 2.61. The van der Waals surface area contributed by atoms with Crippen molar-refractivity contribution in [1.29, 1.82) is 0 Å². The highest BCUT2D eigenvalue weighted by atomic mass is 79.9. The van der Waals surface area contributed by atoms with Gasteiger partial charge in [-0.25, -0.2) is 4.79 Å². The summed E-state index contributed by atoms with van der Waals surface area (Å²) in [5, 5.41) is 11.7. The van der Waals surface area contributed by atoms with Gasteiger partial charge < -0.3 is 4.84 Å². The van der Waals surface area contributed by atoms with Crippen molar-refractivity contribution in [1.82, 2.24) is 0 Å². The smallest absolute Gasteiger partial charge is 0.327 e. The molecule has 0 bridgehead atoms. The number of nitro benzene ring substituents is 1. The third kappa shape index (κ3) is 4.41. The van der Waals surface area contributed by atoms with E-state index in [9.17, 15) is 19.7 Å². The molecule has 0 unspecified atom stereocenters. The maximum Gasteiger partial charge on any atom is 0.363 e. The zero-order valence-electron chi connectivity index (χ0n) is 14.3. The largest absolute Gasteiger partial charge is 0.363 e. The number of benzene rings is 3. The van der Waals surface area contributed by atoms with E-state index in [1.807, 2.05) is 0 Å². The Kier molecular flexibility index (Phi) is 5.81. The van der Waals surface area contributed by atoms with Gasteiger partial charge in [0.25, 0.3) is 11.6 Å². The van der Waals surface area contributed by atoms with Gasteiger partial charge in [0.15, 0.2) is 0 Å². The minimum absolute atomic E-state index is 0.134. The topological polar surface area (TPSA) is 89.8 Å². The molecule has 0 N–H and O–H groups in total. The number of halogens is 1. The summed E-state index contributed by atoms with van der Waals surface area (Å²) in [5.74, 6) is -1.35. The quantitative estimate of drug-likeness (QED) is 0.430. The van der Waals surface area contributed by atoms with Gasteiger partial charge in [-0.15, -0.1) is 5.06 Å². The lowest BCUT2D eigenvalue weighted by Crippen LogP contribution is -2.33. The fraction of sp³-hybridized carbons (Fsp3) is 0. The van der Waals surface area contributed by atoms with Crippen LogP contribution in [-0.4, -0.2) is 16.8 Å². The molecule has 140 valence electrons. The minimum Gasteiger partial charge on any atom is -0.327 e. The third-order valence-electron chi connectivity index (χ3n) is 3.75. The molecule has 0 radical (unpaired) electrons. The second-order valence-electron chi connectivity index (χ2n) is 5.62. The van der Waals surface area contributed by atoms with Gasteiger partial charge in [-0.3, -0.25) is 14.9 Å². The molecule has 7 nitrogen and oxygen atoms in total. The lowest BCUT2D eigenvalue weighted by atomic mass is 10.2. The molecule has 0 fully saturated rings. The van der Waals surface area contributed by atoms with Gasteiger partial charge in [-0.05, 0) is 48.5 Å². The summed E-state index contributed by atoms with van der Waals surface area (Å²) in [6.07, 6.45) is 0. The number of carbonyl (C=O) groups is 2. The van der Waals surface area contributed by atoms with Gasteiger partial charge in [0.2, 0.25) is 0 Å². The van der Waals surface area contributed by atoms with Crippen molar-refractivity contribution in [3.63, 3.8) is 0 Å². The van der Waals surface area contributed by atoms with Crippen LogP contribution in [0, 0.1) is 10.1 Å². The number of hydroxylamine groups is 1. The Hall–Kier alpha value is -3.52. The molecule has 3 aromatic carbocycles. The highest BCUT2D eigenvalue weighted by molar-refractivity contribution is 9.10. The SMILES string of the molecule is O=C(ON(C(=O)c1ccc([N+](=O)[O-])cc1)c1ccc(Br)cc1)c1ccccc1.